The molecule has 0 bridgehead atoms. The predicted octanol–water partition coefficient (Wildman–Crippen LogP) is 4.75. The molecule has 1 aromatic heterocycles. The quantitative estimate of drug-likeness (QED) is 0.377. The van der Waals surface area contributed by atoms with Crippen LogP contribution in [0.3, 0.4) is 0 Å². The molecule has 0 aliphatic rings. The number of hydrogen-bond acceptors (Lipinski definition) is 5. The molecular weight excluding hydrogens is 471 g/mol. The summed E-state index contributed by atoms with van der Waals surface area (Å²) < 4.78 is 17.9. The zero-order valence-corrected chi connectivity index (χ0v) is 19.6. The molecule has 0 aliphatic carbocycles. The summed E-state index contributed by atoms with van der Waals surface area (Å²) in [6.45, 7) is 0. The Balaban J connectivity index is 1.71. The first kappa shape index (κ1) is 21.7. The van der Waals surface area contributed by atoms with Crippen molar-refractivity contribution in [1.29, 1.82) is 0 Å². The Labute approximate surface area is 192 Å². The van der Waals surface area contributed by atoms with E-state index in [1.807, 2.05) is 48.5 Å². The fourth-order valence-corrected chi connectivity index (χ4v) is 5.41. The fourth-order valence-electron chi connectivity index (χ4n) is 3.33. The number of carbonyl (C=O) groups is 1. The van der Waals surface area contributed by atoms with E-state index in [0.29, 0.717) is 27.5 Å². The predicted molar refractivity (Wildman–Crippen MR) is 126 cm³/mol. The minimum atomic E-state index is -0.286. The fraction of sp³-hybridized carbons (Fsp3) is 0.120. The molecule has 1 amide bonds. The molecule has 0 radical (unpaired) electrons. The van der Waals surface area contributed by atoms with Crippen LogP contribution in [0.2, 0.25) is 0 Å². The normalized spacial score (nSPS) is 10.5. The van der Waals surface area contributed by atoms with Gasteiger partial charge in [0.2, 0.25) is 0 Å². The number of rotatable bonds is 7. The number of aromatic nitrogens is 1. The average Bonchev–Trinajstić information content (AvgIpc) is 3.27. The van der Waals surface area contributed by atoms with Crippen molar-refractivity contribution in [1.82, 2.24) is 4.98 Å². The summed E-state index contributed by atoms with van der Waals surface area (Å²) in [5.41, 5.74) is 3.40. The van der Waals surface area contributed by atoms with Crippen LogP contribution in [0.4, 0.5) is 4.69 Å². The number of nitrogens with one attached hydrogen (secondary N) is 1. The van der Waals surface area contributed by atoms with Crippen LogP contribution in [-0.2, 0) is 0 Å². The monoisotopic (exact) mass is 494 g/mol. The van der Waals surface area contributed by atoms with Crippen LogP contribution in [-0.4, -0.2) is 46.7 Å². The van der Waals surface area contributed by atoms with Crippen LogP contribution in [0.5, 0.6) is 17.2 Å². The second-order valence-corrected chi connectivity index (χ2v) is 8.89. The molecule has 0 spiro atoms. The third-order valence-electron chi connectivity index (χ3n) is 4.86. The summed E-state index contributed by atoms with van der Waals surface area (Å²) in [5.74, 6) is 0.993. The van der Waals surface area contributed by atoms with Crippen molar-refractivity contribution in [2.45, 2.75) is 0 Å². The van der Waals surface area contributed by atoms with Gasteiger partial charge >= 0.3 is 193 Å². The zero-order chi connectivity index (χ0) is 22.5. The summed E-state index contributed by atoms with van der Waals surface area (Å²) in [4.78, 5) is 17.9. The van der Waals surface area contributed by atoms with Gasteiger partial charge in [-0.3, -0.25) is 0 Å². The molecule has 3 aromatic carbocycles. The zero-order valence-electron chi connectivity index (χ0n) is 17.9. The molecule has 1 heterocycles. The van der Waals surface area contributed by atoms with Crippen LogP contribution in [0.15, 0.2) is 72.8 Å². The SMILES string of the molecule is COc1cc(C(=O)Nc2nc(-c3ccccc3)c(-c3ccccc3)[se]2)cc(OC)c1OC. The van der Waals surface area contributed by atoms with Gasteiger partial charge in [0.05, 0.1) is 0 Å². The van der Waals surface area contributed by atoms with Crippen molar-refractivity contribution < 1.29 is 19.0 Å². The van der Waals surface area contributed by atoms with E-state index in [4.69, 9.17) is 19.2 Å². The Morgan fingerprint density at radius 2 is 1.38 bits per heavy atom. The molecule has 0 fully saturated rings. The van der Waals surface area contributed by atoms with E-state index in [-0.39, 0.29) is 20.4 Å². The van der Waals surface area contributed by atoms with E-state index in [2.05, 4.69) is 17.4 Å². The molecule has 0 aliphatic heterocycles. The maximum absolute atomic E-state index is 13.1. The summed E-state index contributed by atoms with van der Waals surface area (Å²) in [6, 6.07) is 23.4. The van der Waals surface area contributed by atoms with Gasteiger partial charge in [0.15, 0.2) is 0 Å². The molecule has 0 atom stereocenters. The van der Waals surface area contributed by atoms with Crippen LogP contribution < -0.4 is 19.5 Å². The van der Waals surface area contributed by atoms with E-state index in [1.165, 1.54) is 21.3 Å². The van der Waals surface area contributed by atoms with Gasteiger partial charge in [0, 0.05) is 0 Å². The van der Waals surface area contributed by atoms with E-state index >= 15 is 0 Å². The van der Waals surface area contributed by atoms with E-state index in [9.17, 15) is 4.79 Å². The first-order chi connectivity index (χ1) is 15.6. The Morgan fingerprint density at radius 3 is 1.91 bits per heavy atom. The van der Waals surface area contributed by atoms with Gasteiger partial charge in [-0.05, 0) is 0 Å². The second-order valence-electron chi connectivity index (χ2n) is 6.80. The first-order valence-corrected chi connectivity index (χ1v) is 11.6. The van der Waals surface area contributed by atoms with Crippen LogP contribution >= 0.6 is 0 Å². The topological polar surface area (TPSA) is 69.7 Å². The van der Waals surface area contributed by atoms with Crippen molar-refractivity contribution in [2.24, 2.45) is 0 Å². The summed E-state index contributed by atoms with van der Waals surface area (Å²) >= 11 is -0.164. The van der Waals surface area contributed by atoms with Gasteiger partial charge in [0.25, 0.3) is 0 Å². The molecular formula is C25H22N2O4Se. The van der Waals surface area contributed by atoms with Crippen molar-refractivity contribution in [3.63, 3.8) is 0 Å². The molecule has 0 saturated heterocycles. The van der Waals surface area contributed by atoms with Crippen LogP contribution in [0.25, 0.3) is 21.3 Å². The van der Waals surface area contributed by atoms with Gasteiger partial charge in [-0.1, -0.05) is 0 Å². The Hall–Kier alpha value is -3.54. The van der Waals surface area contributed by atoms with E-state index < -0.39 is 0 Å². The van der Waals surface area contributed by atoms with Gasteiger partial charge < -0.3 is 0 Å². The van der Waals surface area contributed by atoms with Crippen molar-refractivity contribution in [3.05, 3.63) is 78.4 Å². The number of nitrogens with zero attached hydrogens (tertiary/aromatic N) is 1. The maximum atomic E-state index is 13.1. The third kappa shape index (κ3) is 4.40. The molecule has 0 unspecified atom stereocenters. The summed E-state index contributed by atoms with van der Waals surface area (Å²) in [7, 11) is 4.56. The van der Waals surface area contributed by atoms with Crippen LogP contribution in [0, 0.1) is 0 Å². The van der Waals surface area contributed by atoms with Gasteiger partial charge in [-0.15, -0.1) is 0 Å². The second kappa shape index (κ2) is 9.73. The average molecular weight is 493 g/mol. The molecule has 4 rings (SSSR count). The molecule has 7 heteroatoms. The minimum absolute atomic E-state index is 0.164. The number of amides is 1. The van der Waals surface area contributed by atoms with E-state index in [1.54, 1.807) is 12.1 Å². The standard InChI is InChI=1S/C25H22N2O4Se/c1-29-19-14-18(15-20(30-2)22(19)31-3)24(28)27-25-26-21(16-10-6-4-7-11-16)23(32-25)17-12-8-5-9-13-17/h4-15H,1-3H3,(H,26,27,28). The van der Waals surface area contributed by atoms with Crippen molar-refractivity contribution >= 4 is 25.1 Å². The molecule has 1 N–H and O–H groups in total. The Kier molecular flexibility index (Phi) is 6.59. The first-order valence-electron chi connectivity index (χ1n) is 9.87. The number of ether oxygens (including phenoxy) is 3. The van der Waals surface area contributed by atoms with Gasteiger partial charge in [-0.2, -0.15) is 0 Å². The molecule has 4 aromatic rings. The molecule has 6 nitrogen and oxygen atoms in total. The molecule has 162 valence electrons. The van der Waals surface area contributed by atoms with Crippen LogP contribution in [0.1, 0.15) is 10.4 Å². The molecule has 32 heavy (non-hydrogen) atoms. The number of carbonyl (C=O) groups excluding carboxylic acids is 1. The third-order valence-corrected chi connectivity index (χ3v) is 7.00. The summed E-state index contributed by atoms with van der Waals surface area (Å²) in [5, 5.41) is 2.98. The molecule has 0 saturated carbocycles. The number of hydrogen-bond donors (Lipinski definition) is 1. The Morgan fingerprint density at radius 1 is 0.812 bits per heavy atom. The van der Waals surface area contributed by atoms with Gasteiger partial charge in [0.1, 0.15) is 0 Å². The number of benzene rings is 3. The van der Waals surface area contributed by atoms with E-state index in [0.717, 1.165) is 21.3 Å². The van der Waals surface area contributed by atoms with Gasteiger partial charge in [-0.25, -0.2) is 0 Å². The van der Waals surface area contributed by atoms with Crippen molar-refractivity contribution in [3.8, 4) is 38.5 Å². The number of methoxy groups -OCH3 is 3. The van der Waals surface area contributed by atoms with Crippen molar-refractivity contribution in [2.75, 3.05) is 26.6 Å². The number of anilines is 1. The summed E-state index contributed by atoms with van der Waals surface area (Å²) in [6.07, 6.45) is 0. The Bertz CT molecular complexity index is 1140.